The van der Waals surface area contributed by atoms with Gasteiger partial charge in [-0.15, -0.1) is 11.8 Å². The number of thioether (sulfide) groups is 1. The van der Waals surface area contributed by atoms with Gasteiger partial charge in [-0.05, 0) is 35.7 Å². The average molecular weight is 429 g/mol. The Hall–Kier alpha value is -2.77. The number of rotatable bonds is 3. The summed E-state index contributed by atoms with van der Waals surface area (Å²) in [6.07, 6.45) is 0.686. The van der Waals surface area contributed by atoms with Crippen LogP contribution in [0.2, 0.25) is 5.02 Å². The van der Waals surface area contributed by atoms with Crippen LogP contribution in [0.5, 0.6) is 0 Å². The lowest BCUT2D eigenvalue weighted by Crippen LogP contribution is -2.42. The van der Waals surface area contributed by atoms with Crippen molar-refractivity contribution in [1.29, 1.82) is 0 Å². The minimum Gasteiger partial charge on any atom is -0.478 e. The summed E-state index contributed by atoms with van der Waals surface area (Å²) in [7, 11) is 0. The number of amides is 2. The summed E-state index contributed by atoms with van der Waals surface area (Å²) in [5, 5.41) is 13.0. The van der Waals surface area contributed by atoms with Crippen LogP contribution in [0, 0.1) is 0 Å². The van der Waals surface area contributed by atoms with Crippen LogP contribution in [0.15, 0.2) is 59.1 Å². The maximum Gasteiger partial charge on any atom is 0.334 e. The molecule has 29 heavy (non-hydrogen) atoms. The van der Waals surface area contributed by atoms with Crippen molar-refractivity contribution < 1.29 is 19.5 Å². The zero-order valence-electron chi connectivity index (χ0n) is 15.2. The molecule has 8 heteroatoms. The van der Waals surface area contributed by atoms with E-state index in [2.05, 4.69) is 5.32 Å². The van der Waals surface area contributed by atoms with E-state index >= 15 is 0 Å². The monoisotopic (exact) mass is 428 g/mol. The highest BCUT2D eigenvalue weighted by molar-refractivity contribution is 8.03. The molecule has 2 amide bonds. The minimum absolute atomic E-state index is 0.0836. The van der Waals surface area contributed by atoms with Crippen molar-refractivity contribution in [2.45, 2.75) is 12.3 Å². The van der Waals surface area contributed by atoms with Crippen molar-refractivity contribution in [3.05, 3.63) is 75.3 Å². The first-order valence-electron chi connectivity index (χ1n) is 9.02. The molecule has 148 valence electrons. The van der Waals surface area contributed by atoms with E-state index in [0.29, 0.717) is 23.7 Å². The molecule has 4 rings (SSSR count). The number of hydrogen-bond donors (Lipinski definition) is 2. The lowest BCUT2D eigenvalue weighted by Gasteiger charge is -2.17. The zero-order valence-corrected chi connectivity index (χ0v) is 16.8. The summed E-state index contributed by atoms with van der Waals surface area (Å²) in [5.74, 6) is -2.58. The van der Waals surface area contributed by atoms with Crippen molar-refractivity contribution in [1.82, 2.24) is 5.32 Å². The van der Waals surface area contributed by atoms with Gasteiger partial charge < -0.3 is 15.3 Å². The maximum atomic E-state index is 12.7. The van der Waals surface area contributed by atoms with Gasteiger partial charge in [0.15, 0.2) is 0 Å². The van der Waals surface area contributed by atoms with Crippen LogP contribution in [-0.2, 0) is 20.8 Å². The molecule has 1 unspecified atom stereocenters. The second kappa shape index (κ2) is 7.93. The van der Waals surface area contributed by atoms with Crippen molar-refractivity contribution in [2.75, 3.05) is 17.2 Å². The second-order valence-corrected chi connectivity index (χ2v) is 8.22. The van der Waals surface area contributed by atoms with Crippen LogP contribution in [0.25, 0.3) is 0 Å². The topological polar surface area (TPSA) is 86.7 Å². The number of nitrogens with one attached hydrogen (secondary N) is 1. The number of hydrogen-bond acceptors (Lipinski definition) is 4. The summed E-state index contributed by atoms with van der Waals surface area (Å²) in [6.45, 7) is 0.428. The summed E-state index contributed by atoms with van der Waals surface area (Å²) < 4.78 is 0. The van der Waals surface area contributed by atoms with Gasteiger partial charge in [0.25, 0.3) is 0 Å². The van der Waals surface area contributed by atoms with Crippen LogP contribution in [0.4, 0.5) is 5.69 Å². The highest BCUT2D eigenvalue weighted by atomic mass is 35.5. The van der Waals surface area contributed by atoms with Gasteiger partial charge in [-0.3, -0.25) is 9.59 Å². The molecule has 0 bridgehead atoms. The molecule has 2 aromatic rings. The number of carbonyl (C=O) groups excluding carboxylic acids is 2. The number of para-hydroxylation sites is 1. The first-order valence-corrected chi connectivity index (χ1v) is 10.4. The quantitative estimate of drug-likeness (QED) is 0.733. The highest BCUT2D eigenvalue weighted by Crippen LogP contribution is 2.41. The van der Waals surface area contributed by atoms with E-state index in [1.807, 2.05) is 18.2 Å². The number of anilines is 1. The zero-order chi connectivity index (χ0) is 20.5. The van der Waals surface area contributed by atoms with Gasteiger partial charge in [0.05, 0.1) is 10.6 Å². The first kappa shape index (κ1) is 19.5. The molecule has 0 saturated carbocycles. The Bertz CT molecular complexity index is 1040. The largest absolute Gasteiger partial charge is 0.478 e. The van der Waals surface area contributed by atoms with Gasteiger partial charge in [-0.25, -0.2) is 4.79 Å². The molecule has 1 atom stereocenters. The van der Waals surface area contributed by atoms with E-state index in [-0.39, 0.29) is 10.6 Å². The third-order valence-corrected chi connectivity index (χ3v) is 6.41. The fourth-order valence-corrected chi connectivity index (χ4v) is 4.99. The fourth-order valence-electron chi connectivity index (χ4n) is 3.62. The van der Waals surface area contributed by atoms with Crippen molar-refractivity contribution in [3.8, 4) is 0 Å². The SMILES string of the molecule is O=C(O)C1=C(NC(=O)C(=O)N2CCc3ccccc32)SCC1c1ccc(Cl)cc1. The van der Waals surface area contributed by atoms with E-state index in [9.17, 15) is 19.5 Å². The third kappa shape index (κ3) is 3.75. The van der Waals surface area contributed by atoms with Gasteiger partial charge >= 0.3 is 17.8 Å². The Labute approximate surface area is 176 Å². The number of halogens is 1. The van der Waals surface area contributed by atoms with E-state index in [0.717, 1.165) is 16.8 Å². The number of aliphatic carboxylic acids is 1. The lowest BCUT2D eigenvalue weighted by atomic mass is 9.93. The van der Waals surface area contributed by atoms with E-state index < -0.39 is 23.7 Å². The minimum atomic E-state index is -1.12. The molecule has 2 aromatic carbocycles. The number of nitrogens with zero attached hydrogens (tertiary/aromatic N) is 1. The van der Waals surface area contributed by atoms with Crippen LogP contribution < -0.4 is 10.2 Å². The standard InChI is InChI=1S/C21H17ClN2O4S/c22-14-7-5-12(6-8-14)15-11-29-19(17(15)21(27)28)23-18(25)20(26)24-10-9-13-3-1-2-4-16(13)24/h1-8,15H,9-11H2,(H,23,25)(H,27,28). The Balaban J connectivity index is 1.56. The molecular weight excluding hydrogens is 412 g/mol. The van der Waals surface area contributed by atoms with Gasteiger partial charge in [-0.1, -0.05) is 41.9 Å². The van der Waals surface area contributed by atoms with E-state index in [1.165, 1.54) is 16.7 Å². The average Bonchev–Trinajstić information content (AvgIpc) is 3.32. The predicted molar refractivity (Wildman–Crippen MR) is 112 cm³/mol. The molecule has 2 aliphatic heterocycles. The normalized spacial score (nSPS) is 18.0. The molecule has 0 saturated heterocycles. The van der Waals surface area contributed by atoms with Crippen molar-refractivity contribution >= 4 is 46.8 Å². The molecule has 2 heterocycles. The van der Waals surface area contributed by atoms with E-state index in [1.54, 1.807) is 30.3 Å². The Kier molecular flexibility index (Phi) is 5.34. The molecular formula is C21H17ClN2O4S. The van der Waals surface area contributed by atoms with Crippen LogP contribution in [0.1, 0.15) is 17.0 Å². The van der Waals surface area contributed by atoms with Crippen molar-refractivity contribution in [3.63, 3.8) is 0 Å². The smallest absolute Gasteiger partial charge is 0.334 e. The molecule has 0 aliphatic carbocycles. The highest BCUT2D eigenvalue weighted by Gasteiger charge is 2.35. The lowest BCUT2D eigenvalue weighted by molar-refractivity contribution is -0.137. The Morgan fingerprint density at radius 1 is 1.10 bits per heavy atom. The summed E-state index contributed by atoms with van der Waals surface area (Å²) in [6, 6.07) is 14.4. The van der Waals surface area contributed by atoms with Crippen LogP contribution in [-0.4, -0.2) is 35.2 Å². The Morgan fingerprint density at radius 2 is 1.83 bits per heavy atom. The number of benzene rings is 2. The number of carbonyl (C=O) groups is 3. The predicted octanol–water partition coefficient (Wildman–Crippen LogP) is 3.17. The summed E-state index contributed by atoms with van der Waals surface area (Å²) in [4.78, 5) is 38.6. The molecule has 2 aliphatic rings. The van der Waals surface area contributed by atoms with E-state index in [4.69, 9.17) is 11.6 Å². The fraction of sp³-hybridized carbons (Fsp3) is 0.190. The molecule has 0 fully saturated rings. The van der Waals surface area contributed by atoms with Gasteiger partial charge in [0.1, 0.15) is 0 Å². The van der Waals surface area contributed by atoms with Crippen LogP contribution >= 0.6 is 23.4 Å². The summed E-state index contributed by atoms with van der Waals surface area (Å²) >= 11 is 7.14. The van der Waals surface area contributed by atoms with Gasteiger partial charge in [0, 0.05) is 28.9 Å². The third-order valence-electron chi connectivity index (χ3n) is 5.04. The summed E-state index contributed by atoms with van der Waals surface area (Å²) in [5.41, 5.74) is 2.61. The second-order valence-electron chi connectivity index (χ2n) is 6.75. The molecule has 0 spiro atoms. The molecule has 0 aromatic heterocycles. The van der Waals surface area contributed by atoms with Crippen molar-refractivity contribution in [2.24, 2.45) is 0 Å². The molecule has 2 N–H and O–H groups in total. The molecule has 6 nitrogen and oxygen atoms in total. The number of carboxylic acids is 1. The van der Waals surface area contributed by atoms with Gasteiger partial charge in [-0.2, -0.15) is 0 Å². The molecule has 0 radical (unpaired) electrons. The Morgan fingerprint density at radius 3 is 2.55 bits per heavy atom. The number of carboxylic acid groups (broad SMARTS) is 1. The maximum absolute atomic E-state index is 12.7. The number of fused-ring (bicyclic) bond motifs is 1. The van der Waals surface area contributed by atoms with Crippen LogP contribution in [0.3, 0.4) is 0 Å². The first-order chi connectivity index (χ1) is 14.0. The van der Waals surface area contributed by atoms with Gasteiger partial charge in [0.2, 0.25) is 0 Å².